The van der Waals surface area contributed by atoms with Crippen LogP contribution in [0, 0.1) is 0 Å². The molecule has 0 unspecified atom stereocenters. The third kappa shape index (κ3) is 4.91. The van der Waals surface area contributed by atoms with E-state index in [2.05, 4.69) is 162 Å². The molecule has 3 heterocycles. The van der Waals surface area contributed by atoms with Crippen molar-refractivity contribution < 1.29 is 4.42 Å². The highest BCUT2D eigenvalue weighted by Crippen LogP contribution is 2.41. The van der Waals surface area contributed by atoms with Crippen LogP contribution >= 0.6 is 0 Å². The lowest BCUT2D eigenvalue weighted by molar-refractivity contribution is 0.668. The Bertz CT molecular complexity index is 3090. The van der Waals surface area contributed by atoms with Crippen LogP contribution in [0.5, 0.6) is 0 Å². The lowest BCUT2D eigenvalue weighted by Gasteiger charge is -2.10. The van der Waals surface area contributed by atoms with E-state index in [1.54, 1.807) is 0 Å². The van der Waals surface area contributed by atoms with Crippen LogP contribution in [0.15, 0.2) is 180 Å². The van der Waals surface area contributed by atoms with Crippen molar-refractivity contribution in [2.45, 2.75) is 12.8 Å². The maximum absolute atomic E-state index is 6.90. The maximum atomic E-state index is 6.90. The number of rotatable bonds is 5. The fraction of sp³-hybridized carbons (Fsp3) is 0.0400. The Morgan fingerprint density at radius 3 is 1.91 bits per heavy atom. The number of hydrogen-bond acceptors (Lipinski definition) is 3. The molecular formula is C50H33N3O. The Labute approximate surface area is 312 Å². The Hall–Kier alpha value is -7.04. The van der Waals surface area contributed by atoms with Gasteiger partial charge in [0.1, 0.15) is 16.8 Å². The molecule has 254 valence electrons. The van der Waals surface area contributed by atoms with Gasteiger partial charge in [-0.05, 0) is 82.8 Å². The van der Waals surface area contributed by atoms with Gasteiger partial charge in [0.15, 0.2) is 11.4 Å². The van der Waals surface area contributed by atoms with Crippen molar-refractivity contribution in [1.82, 2.24) is 14.5 Å². The van der Waals surface area contributed by atoms with Crippen LogP contribution in [-0.4, -0.2) is 14.5 Å². The highest BCUT2D eigenvalue weighted by molar-refractivity contribution is 6.12. The van der Waals surface area contributed by atoms with Gasteiger partial charge in [-0.25, -0.2) is 9.97 Å². The van der Waals surface area contributed by atoms with E-state index < -0.39 is 0 Å². The molecule has 0 atom stereocenters. The van der Waals surface area contributed by atoms with Crippen molar-refractivity contribution in [3.8, 4) is 39.5 Å². The first-order valence-electron chi connectivity index (χ1n) is 18.6. The van der Waals surface area contributed by atoms with Crippen LogP contribution in [0.4, 0.5) is 0 Å². The molecule has 0 saturated carbocycles. The minimum Gasteiger partial charge on any atom is -0.451 e. The van der Waals surface area contributed by atoms with E-state index in [0.717, 1.165) is 68.3 Å². The van der Waals surface area contributed by atoms with E-state index in [-0.39, 0.29) is 0 Å². The molecule has 11 rings (SSSR count). The van der Waals surface area contributed by atoms with E-state index in [0.29, 0.717) is 11.4 Å². The van der Waals surface area contributed by atoms with Gasteiger partial charge in [-0.15, -0.1) is 0 Å². The van der Waals surface area contributed by atoms with Crippen molar-refractivity contribution in [2.75, 3.05) is 0 Å². The predicted octanol–water partition coefficient (Wildman–Crippen LogP) is 13.4. The molecule has 4 heteroatoms. The number of benzene rings is 7. The summed E-state index contributed by atoms with van der Waals surface area (Å²) in [5, 5.41) is 5.82. The predicted molar refractivity (Wildman–Crippen MR) is 224 cm³/mol. The Kier molecular flexibility index (Phi) is 6.96. The summed E-state index contributed by atoms with van der Waals surface area (Å²) in [6.45, 7) is 0. The summed E-state index contributed by atoms with van der Waals surface area (Å²) in [5.74, 6) is 0.674. The second-order valence-electron chi connectivity index (χ2n) is 14.1. The quantitative estimate of drug-likeness (QED) is 0.180. The summed E-state index contributed by atoms with van der Waals surface area (Å²) in [7, 11) is 0. The zero-order valence-corrected chi connectivity index (χ0v) is 29.4. The summed E-state index contributed by atoms with van der Waals surface area (Å²) < 4.78 is 9.24. The molecule has 0 amide bonds. The van der Waals surface area contributed by atoms with Crippen LogP contribution in [-0.2, 0) is 0 Å². The van der Waals surface area contributed by atoms with E-state index in [1.807, 2.05) is 18.2 Å². The number of aromatic nitrogens is 3. The van der Waals surface area contributed by atoms with Crippen LogP contribution in [0.1, 0.15) is 18.4 Å². The van der Waals surface area contributed by atoms with Gasteiger partial charge < -0.3 is 8.98 Å². The van der Waals surface area contributed by atoms with Crippen LogP contribution in [0.25, 0.3) is 99.7 Å². The molecule has 7 aromatic carbocycles. The van der Waals surface area contributed by atoms with Gasteiger partial charge in [0.25, 0.3) is 0 Å². The van der Waals surface area contributed by atoms with Crippen LogP contribution < -0.4 is 0 Å². The molecule has 10 aromatic rings. The monoisotopic (exact) mass is 691 g/mol. The molecule has 54 heavy (non-hydrogen) atoms. The summed E-state index contributed by atoms with van der Waals surface area (Å²) in [4.78, 5) is 10.4. The Balaban J connectivity index is 1.06. The first-order valence-corrected chi connectivity index (χ1v) is 18.6. The number of fused-ring (bicyclic) bond motifs is 7. The van der Waals surface area contributed by atoms with Gasteiger partial charge in [-0.3, -0.25) is 0 Å². The van der Waals surface area contributed by atoms with Crippen LogP contribution in [0.2, 0.25) is 0 Å². The van der Waals surface area contributed by atoms with Gasteiger partial charge in [-0.1, -0.05) is 133 Å². The first kappa shape index (κ1) is 30.6. The first-order chi connectivity index (χ1) is 26.8. The largest absolute Gasteiger partial charge is 0.451 e. The van der Waals surface area contributed by atoms with Crippen LogP contribution in [0.3, 0.4) is 0 Å². The fourth-order valence-electron chi connectivity index (χ4n) is 8.20. The standard InChI is InChI=1S/C50H33N3O/c1-3-12-32(13-4-1)35-22-23-37-31-38(25-24-36(37)30-35)46-49-47(52-50(51-46)34-14-5-2-6-15-34)43-19-11-18-40(48(43)54-49)33-26-28-39(29-27-33)53-44-20-9-7-16-41(44)42-17-8-10-21-45(42)53/h2-3,5-31H,1,4H2. The number of furan rings is 1. The minimum absolute atomic E-state index is 0.674. The second-order valence-corrected chi connectivity index (χ2v) is 14.1. The van der Waals surface area contributed by atoms with Gasteiger partial charge in [0, 0.05) is 38.5 Å². The van der Waals surface area contributed by atoms with Crippen molar-refractivity contribution in [3.05, 3.63) is 182 Å². The average molecular weight is 692 g/mol. The zero-order chi connectivity index (χ0) is 35.6. The molecule has 4 nitrogen and oxygen atoms in total. The van der Waals surface area contributed by atoms with E-state index in [4.69, 9.17) is 14.4 Å². The third-order valence-corrected chi connectivity index (χ3v) is 10.8. The number of hydrogen-bond donors (Lipinski definition) is 0. The minimum atomic E-state index is 0.674. The Morgan fingerprint density at radius 2 is 1.17 bits per heavy atom. The summed E-state index contributed by atoms with van der Waals surface area (Å²) >= 11 is 0. The lowest BCUT2D eigenvalue weighted by Crippen LogP contribution is -1.94. The van der Waals surface area contributed by atoms with Gasteiger partial charge in [0.05, 0.1) is 11.0 Å². The fourth-order valence-corrected chi connectivity index (χ4v) is 8.20. The van der Waals surface area contributed by atoms with Crippen molar-refractivity contribution in [2.24, 2.45) is 0 Å². The van der Waals surface area contributed by atoms with E-state index >= 15 is 0 Å². The van der Waals surface area contributed by atoms with Gasteiger partial charge in [-0.2, -0.15) is 0 Å². The molecule has 0 spiro atoms. The topological polar surface area (TPSA) is 43.9 Å². The molecule has 0 N–H and O–H groups in total. The smallest absolute Gasteiger partial charge is 0.180 e. The highest BCUT2D eigenvalue weighted by Gasteiger charge is 2.21. The van der Waals surface area contributed by atoms with Gasteiger partial charge >= 0.3 is 0 Å². The normalized spacial score (nSPS) is 13.1. The number of allylic oxidation sites excluding steroid dienone is 4. The van der Waals surface area contributed by atoms with Crippen molar-refractivity contribution in [1.29, 1.82) is 0 Å². The van der Waals surface area contributed by atoms with Gasteiger partial charge in [0.2, 0.25) is 0 Å². The number of para-hydroxylation sites is 3. The lowest BCUT2D eigenvalue weighted by atomic mass is 9.96. The highest BCUT2D eigenvalue weighted by atomic mass is 16.3. The molecule has 0 bridgehead atoms. The molecular weight excluding hydrogens is 659 g/mol. The third-order valence-electron chi connectivity index (χ3n) is 10.8. The Morgan fingerprint density at radius 1 is 0.500 bits per heavy atom. The summed E-state index contributed by atoms with van der Waals surface area (Å²) in [5.41, 5.74) is 13.2. The molecule has 0 fully saturated rings. The zero-order valence-electron chi connectivity index (χ0n) is 29.4. The molecule has 1 aliphatic rings. The molecule has 1 aliphatic carbocycles. The maximum Gasteiger partial charge on any atom is 0.180 e. The molecule has 3 aromatic heterocycles. The van der Waals surface area contributed by atoms with Crippen molar-refractivity contribution in [3.63, 3.8) is 0 Å². The average Bonchev–Trinajstić information content (AvgIpc) is 3.80. The molecule has 0 saturated heterocycles. The molecule has 0 radical (unpaired) electrons. The van der Waals surface area contributed by atoms with E-state index in [1.165, 1.54) is 38.3 Å². The summed E-state index contributed by atoms with van der Waals surface area (Å²) in [6.07, 6.45) is 9.02. The van der Waals surface area contributed by atoms with Crippen molar-refractivity contribution >= 4 is 60.2 Å². The summed E-state index contributed by atoms with van der Waals surface area (Å²) in [6, 6.07) is 55.9. The SMILES string of the molecule is C1=CC(c2ccc3cc(-c4nc(-c5ccccc5)nc5c4oc4c(-c6ccc(-n7c8ccccc8c8ccccc87)cc6)cccc45)ccc3c2)=CCC1. The second kappa shape index (κ2) is 12.3. The molecule has 0 aliphatic heterocycles. The number of nitrogens with zero attached hydrogens (tertiary/aromatic N) is 3. The van der Waals surface area contributed by atoms with E-state index in [9.17, 15) is 0 Å².